The van der Waals surface area contributed by atoms with Crippen LogP contribution in [0.3, 0.4) is 0 Å². The van der Waals surface area contributed by atoms with Crippen molar-refractivity contribution in [3.05, 3.63) is 60.4 Å². The van der Waals surface area contributed by atoms with Gasteiger partial charge in [-0.15, -0.1) is 0 Å². The van der Waals surface area contributed by atoms with E-state index in [9.17, 15) is 25.9 Å². The van der Waals surface area contributed by atoms with Gasteiger partial charge in [-0.2, -0.15) is 16.8 Å². The molecule has 0 bridgehead atoms. The van der Waals surface area contributed by atoms with Crippen molar-refractivity contribution in [2.24, 2.45) is 0 Å². The predicted molar refractivity (Wildman–Crippen MR) is 129 cm³/mol. The van der Waals surface area contributed by atoms with Crippen molar-refractivity contribution in [2.75, 3.05) is 0 Å². The normalized spacial score (nSPS) is 11.4. The van der Waals surface area contributed by atoms with Crippen LogP contribution in [0.25, 0.3) is 33.3 Å². The van der Waals surface area contributed by atoms with Gasteiger partial charge in [0.1, 0.15) is 0 Å². The van der Waals surface area contributed by atoms with E-state index >= 15 is 0 Å². The van der Waals surface area contributed by atoms with Crippen LogP contribution in [-0.2, 0) is 20.2 Å². The third kappa shape index (κ3) is 5.53. The Balaban J connectivity index is 0.000000914. The Labute approximate surface area is 194 Å². The Morgan fingerprint density at radius 3 is 1.76 bits per heavy atom. The van der Waals surface area contributed by atoms with Crippen LogP contribution in [0.2, 0.25) is 0 Å². The molecule has 1 aliphatic rings. The van der Waals surface area contributed by atoms with Gasteiger partial charge in [0.15, 0.2) is 0 Å². The van der Waals surface area contributed by atoms with Crippen molar-refractivity contribution in [1.82, 2.24) is 9.97 Å². The van der Waals surface area contributed by atoms with Gasteiger partial charge in [0, 0.05) is 28.4 Å². The van der Waals surface area contributed by atoms with Gasteiger partial charge >= 0.3 is 0 Å². The van der Waals surface area contributed by atoms with Gasteiger partial charge in [0.25, 0.3) is 20.2 Å². The highest BCUT2D eigenvalue weighted by atomic mass is 32.2. The Morgan fingerprint density at radius 1 is 0.727 bits per heavy atom. The number of hydrogen-bond acceptors (Lipinski definition) is 6. The topological polar surface area (TPSA) is 135 Å². The highest BCUT2D eigenvalue weighted by Crippen LogP contribution is 2.46. The number of rotatable bonds is 2. The molecule has 0 radical (unpaired) electrons. The van der Waals surface area contributed by atoms with Crippen molar-refractivity contribution < 1.29 is 25.9 Å². The average Bonchev–Trinajstić information content (AvgIpc) is 3.06. The molecule has 0 amide bonds. The van der Waals surface area contributed by atoms with Gasteiger partial charge in [0.05, 0.1) is 21.2 Å². The molecular formula is C23H26N2O6S2. The molecule has 0 fully saturated rings. The number of hydrogen-bond donors (Lipinski definition) is 2. The minimum absolute atomic E-state index is 0.205. The molecule has 0 spiro atoms. The average molecular weight is 491 g/mol. The van der Waals surface area contributed by atoms with Crippen LogP contribution >= 0.6 is 0 Å². The molecule has 3 aromatic rings. The van der Waals surface area contributed by atoms with Crippen LogP contribution in [0.5, 0.6) is 0 Å². The molecule has 176 valence electrons. The fourth-order valence-corrected chi connectivity index (χ4v) is 4.36. The molecular weight excluding hydrogens is 464 g/mol. The van der Waals surface area contributed by atoms with Crippen LogP contribution in [-0.4, -0.2) is 35.9 Å². The molecule has 33 heavy (non-hydrogen) atoms. The SMILES string of the molecule is CC.CC.Cc1cccccnc2c(n1)-c1cc(S(=O)(=O)O)cc3cc(S(=O)(=O)O)cc-2c13. The summed E-state index contributed by atoms with van der Waals surface area (Å²) in [5.74, 6) is 0. The van der Waals surface area contributed by atoms with Crippen molar-refractivity contribution >= 4 is 31.0 Å². The lowest BCUT2D eigenvalue weighted by molar-refractivity contribution is 0.481. The monoisotopic (exact) mass is 490 g/mol. The lowest BCUT2D eigenvalue weighted by Gasteiger charge is -2.07. The first-order chi connectivity index (χ1) is 15.6. The number of aryl methyl sites for hydroxylation is 1. The van der Waals surface area contributed by atoms with Crippen molar-refractivity contribution in [3.63, 3.8) is 0 Å². The van der Waals surface area contributed by atoms with Gasteiger partial charge in [-0.05, 0) is 48.7 Å². The van der Waals surface area contributed by atoms with Crippen molar-refractivity contribution in [3.8, 4) is 22.5 Å². The van der Waals surface area contributed by atoms with Gasteiger partial charge in [-0.25, -0.2) is 0 Å². The number of benzene rings is 2. The van der Waals surface area contributed by atoms with E-state index in [0.29, 0.717) is 33.6 Å². The summed E-state index contributed by atoms with van der Waals surface area (Å²) in [6.45, 7) is 9.75. The maximum absolute atomic E-state index is 11.8. The predicted octanol–water partition coefficient (Wildman–Crippen LogP) is 5.26. The van der Waals surface area contributed by atoms with E-state index in [4.69, 9.17) is 0 Å². The van der Waals surface area contributed by atoms with Crippen molar-refractivity contribution in [2.45, 2.75) is 44.4 Å². The summed E-state index contributed by atoms with van der Waals surface area (Å²) in [4.78, 5) is 8.06. The maximum Gasteiger partial charge on any atom is 0.294 e. The molecule has 2 aromatic carbocycles. The summed E-state index contributed by atoms with van der Waals surface area (Å²) in [6, 6.07) is 11.8. The highest BCUT2D eigenvalue weighted by molar-refractivity contribution is 7.86. The summed E-state index contributed by atoms with van der Waals surface area (Å²) < 4.78 is 66.2. The zero-order chi connectivity index (χ0) is 25.0. The van der Waals surface area contributed by atoms with Gasteiger partial charge in [0.2, 0.25) is 0 Å². The molecule has 8 nitrogen and oxygen atoms in total. The summed E-state index contributed by atoms with van der Waals surface area (Å²) in [7, 11) is -9.16. The van der Waals surface area contributed by atoms with Crippen LogP contribution in [0.4, 0.5) is 0 Å². The summed E-state index contributed by atoms with van der Waals surface area (Å²) >= 11 is 0. The molecule has 0 saturated carbocycles. The van der Waals surface area contributed by atoms with Crippen molar-refractivity contribution in [1.29, 1.82) is 0 Å². The fraction of sp³-hybridized carbons (Fsp3) is 0.217. The fourth-order valence-electron chi connectivity index (χ4n) is 3.27. The second-order valence-corrected chi connectivity index (χ2v) is 9.31. The molecule has 0 atom stereocenters. The Kier molecular flexibility index (Phi) is 8.25. The first-order valence-corrected chi connectivity index (χ1v) is 13.2. The van der Waals surface area contributed by atoms with E-state index in [1.165, 1.54) is 18.3 Å². The van der Waals surface area contributed by atoms with Crippen LogP contribution in [0.1, 0.15) is 33.4 Å². The molecule has 1 aromatic heterocycles. The minimum atomic E-state index is -4.58. The Hall–Kier alpha value is -2.92. The lowest BCUT2D eigenvalue weighted by atomic mass is 10.0. The van der Waals surface area contributed by atoms with Crippen LogP contribution in [0.15, 0.2) is 64.5 Å². The highest BCUT2D eigenvalue weighted by Gasteiger charge is 2.28. The van der Waals surface area contributed by atoms with Crippen LogP contribution < -0.4 is 0 Å². The molecule has 0 unspecified atom stereocenters. The quantitative estimate of drug-likeness (QED) is 0.364. The van der Waals surface area contributed by atoms with Crippen LogP contribution in [0, 0.1) is 6.92 Å². The maximum atomic E-state index is 11.8. The first-order valence-electron chi connectivity index (χ1n) is 10.3. The molecule has 4 rings (SSSR count). The minimum Gasteiger partial charge on any atom is -0.282 e. The molecule has 0 saturated heterocycles. The molecule has 0 aliphatic heterocycles. The standard InChI is InChI=1S/C19H14N2O6S2.2C2H6/c1-11-5-3-2-4-6-20-18-15-9-13(28(22,23)24)7-12-8-14(29(25,26)27)10-16(17(12)15)19(18)21-11;2*1-2/h2-10H,1H3,(H,22,23,24)(H,25,26,27);2*1-2H3. The Morgan fingerprint density at radius 2 is 1.24 bits per heavy atom. The summed E-state index contributed by atoms with van der Waals surface area (Å²) in [5.41, 5.74) is 2.02. The van der Waals surface area contributed by atoms with E-state index in [0.717, 1.165) is 12.1 Å². The third-order valence-electron chi connectivity index (χ3n) is 4.46. The molecule has 2 N–H and O–H groups in total. The van der Waals surface area contributed by atoms with E-state index in [2.05, 4.69) is 9.97 Å². The lowest BCUT2D eigenvalue weighted by Crippen LogP contribution is -2.00. The van der Waals surface area contributed by atoms with Gasteiger partial charge < -0.3 is 0 Å². The number of nitrogens with zero attached hydrogens (tertiary/aromatic N) is 2. The molecule has 1 heterocycles. The smallest absolute Gasteiger partial charge is 0.282 e. The van der Waals surface area contributed by atoms with E-state index < -0.39 is 30.0 Å². The van der Waals surface area contributed by atoms with Gasteiger partial charge in [-0.1, -0.05) is 39.8 Å². The van der Waals surface area contributed by atoms with E-state index in [1.54, 1.807) is 31.2 Å². The third-order valence-corrected chi connectivity index (χ3v) is 6.13. The number of aromatic nitrogens is 2. The van der Waals surface area contributed by atoms with E-state index in [-0.39, 0.29) is 5.39 Å². The summed E-state index contributed by atoms with van der Waals surface area (Å²) in [6.07, 6.45) is 1.50. The first kappa shape index (κ1) is 26.3. The molecule has 1 aliphatic carbocycles. The zero-order valence-electron chi connectivity index (χ0n) is 18.9. The summed E-state index contributed by atoms with van der Waals surface area (Å²) in [5, 5.41) is 0.729. The second-order valence-electron chi connectivity index (χ2n) is 6.46. The largest absolute Gasteiger partial charge is 0.294 e. The second kappa shape index (κ2) is 10.3. The Bertz CT molecular complexity index is 1460. The van der Waals surface area contributed by atoms with E-state index in [1.807, 2.05) is 27.7 Å². The van der Waals surface area contributed by atoms with Gasteiger partial charge in [-0.3, -0.25) is 19.1 Å². The molecule has 10 heteroatoms. The number of fused-ring (bicyclic) bond motifs is 3. The zero-order valence-corrected chi connectivity index (χ0v) is 20.6.